The van der Waals surface area contributed by atoms with Crippen LogP contribution in [-0.2, 0) is 12.2 Å². The molecule has 0 aromatic carbocycles. The summed E-state index contributed by atoms with van der Waals surface area (Å²) in [4.78, 5) is 21.5. The third kappa shape index (κ3) is 3.41. The number of rotatable bonds is 6. The summed E-state index contributed by atoms with van der Waals surface area (Å²) >= 11 is 1.47. The lowest BCUT2D eigenvalue weighted by Crippen LogP contribution is -1.92. The number of thioether (sulfide) groups is 1. The van der Waals surface area contributed by atoms with E-state index in [1.54, 1.807) is 12.3 Å². The molecule has 2 aromatic heterocycles. The van der Waals surface area contributed by atoms with Crippen LogP contribution >= 0.6 is 11.8 Å². The molecule has 98 valence electrons. The van der Waals surface area contributed by atoms with Crippen LogP contribution in [0.15, 0.2) is 42.1 Å². The van der Waals surface area contributed by atoms with Gasteiger partial charge in [0.2, 0.25) is 5.82 Å². The Morgan fingerprint density at radius 1 is 1.53 bits per heavy atom. The van der Waals surface area contributed by atoms with Crippen molar-refractivity contribution in [3.63, 3.8) is 0 Å². The Morgan fingerprint density at radius 3 is 3.00 bits per heavy atom. The molecule has 1 N–H and O–H groups in total. The molecule has 0 saturated heterocycles. The number of aromatic amines is 1. The average molecular weight is 276 g/mol. The van der Waals surface area contributed by atoms with E-state index >= 15 is 0 Å². The summed E-state index contributed by atoms with van der Waals surface area (Å²) in [5.41, 5.74) is 0.414. The Morgan fingerprint density at radius 2 is 2.37 bits per heavy atom. The Kier molecular flexibility index (Phi) is 4.30. The van der Waals surface area contributed by atoms with Crippen LogP contribution < -0.4 is 0 Å². The fraction of sp³-hybridized carbons (Fsp3) is 0.167. The van der Waals surface area contributed by atoms with Gasteiger partial charge in [0.05, 0.1) is 10.8 Å². The summed E-state index contributed by atoms with van der Waals surface area (Å²) in [6, 6.07) is 5.61. The number of hydrogen-bond donors (Lipinski definition) is 1. The fourth-order valence-electron chi connectivity index (χ4n) is 1.53. The van der Waals surface area contributed by atoms with Crippen molar-refractivity contribution in [2.45, 2.75) is 17.2 Å². The Balaban J connectivity index is 2.10. The molecule has 2 heterocycles. The van der Waals surface area contributed by atoms with E-state index in [1.807, 2.05) is 18.2 Å². The standard InChI is InChI=1S/C12H12N4O2S/c1-2-5-9-12(16(17)18)15-10(14-9)8-19-11-6-3-4-7-13-11/h2-4,6-7H,1,5,8H2,(H,14,15). The van der Waals surface area contributed by atoms with Crippen molar-refractivity contribution in [2.24, 2.45) is 0 Å². The first-order valence-corrected chi connectivity index (χ1v) is 6.56. The van der Waals surface area contributed by atoms with Gasteiger partial charge in [-0.1, -0.05) is 23.9 Å². The maximum absolute atomic E-state index is 10.9. The summed E-state index contributed by atoms with van der Waals surface area (Å²) in [6.07, 6.45) is 3.68. The van der Waals surface area contributed by atoms with Crippen LogP contribution in [0.3, 0.4) is 0 Å². The van der Waals surface area contributed by atoms with Gasteiger partial charge in [0.25, 0.3) is 0 Å². The van der Waals surface area contributed by atoms with Crippen molar-refractivity contribution < 1.29 is 4.92 Å². The highest BCUT2D eigenvalue weighted by atomic mass is 32.2. The average Bonchev–Trinajstić information content (AvgIpc) is 2.81. The van der Waals surface area contributed by atoms with E-state index in [1.165, 1.54) is 11.8 Å². The van der Waals surface area contributed by atoms with Gasteiger partial charge in [-0.15, -0.1) is 6.58 Å². The van der Waals surface area contributed by atoms with E-state index in [0.717, 1.165) is 5.03 Å². The molecule has 0 bridgehead atoms. The van der Waals surface area contributed by atoms with Crippen molar-refractivity contribution in [3.05, 3.63) is 58.7 Å². The number of nitro groups is 1. The summed E-state index contributed by atoms with van der Waals surface area (Å²) in [5.74, 6) is 1.02. The molecular formula is C12H12N4O2S. The molecule has 19 heavy (non-hydrogen) atoms. The number of aromatic nitrogens is 3. The molecule has 0 aliphatic carbocycles. The molecule has 0 atom stereocenters. The predicted octanol–water partition coefficient (Wildman–Crippen LogP) is 2.73. The van der Waals surface area contributed by atoms with Crippen molar-refractivity contribution in [3.8, 4) is 0 Å². The van der Waals surface area contributed by atoms with E-state index in [-0.39, 0.29) is 5.82 Å². The van der Waals surface area contributed by atoms with Gasteiger partial charge in [-0.05, 0) is 17.1 Å². The lowest BCUT2D eigenvalue weighted by Gasteiger charge is -1.95. The van der Waals surface area contributed by atoms with E-state index in [2.05, 4.69) is 21.5 Å². The quantitative estimate of drug-likeness (QED) is 0.379. The first-order valence-electron chi connectivity index (χ1n) is 5.57. The molecule has 0 radical (unpaired) electrons. The lowest BCUT2D eigenvalue weighted by atomic mass is 10.3. The maximum atomic E-state index is 10.9. The molecular weight excluding hydrogens is 264 g/mol. The molecule has 0 unspecified atom stereocenters. The van der Waals surface area contributed by atoms with Crippen LogP contribution in [0.4, 0.5) is 5.82 Å². The summed E-state index contributed by atoms with van der Waals surface area (Å²) in [5, 5.41) is 11.7. The largest absolute Gasteiger partial charge is 0.358 e. The number of pyridine rings is 1. The monoisotopic (exact) mass is 276 g/mol. The first-order chi connectivity index (χ1) is 9.20. The number of H-pyrrole nitrogens is 1. The van der Waals surface area contributed by atoms with Crippen LogP contribution in [-0.4, -0.2) is 19.9 Å². The van der Waals surface area contributed by atoms with Crippen molar-refractivity contribution in [1.29, 1.82) is 0 Å². The minimum atomic E-state index is -0.458. The second-order valence-electron chi connectivity index (χ2n) is 3.69. The van der Waals surface area contributed by atoms with Gasteiger partial charge in [-0.25, -0.2) is 15.0 Å². The van der Waals surface area contributed by atoms with Crippen LogP contribution in [0.2, 0.25) is 0 Å². The van der Waals surface area contributed by atoms with E-state index in [4.69, 9.17) is 0 Å². The molecule has 0 aliphatic rings. The van der Waals surface area contributed by atoms with Crippen LogP contribution in [0.25, 0.3) is 0 Å². The molecule has 0 spiro atoms. The highest BCUT2D eigenvalue weighted by molar-refractivity contribution is 7.98. The van der Waals surface area contributed by atoms with Gasteiger partial charge in [0, 0.05) is 12.6 Å². The van der Waals surface area contributed by atoms with Crippen LogP contribution in [0.5, 0.6) is 0 Å². The van der Waals surface area contributed by atoms with Crippen LogP contribution in [0, 0.1) is 10.1 Å². The first kappa shape index (κ1) is 13.3. The minimum Gasteiger partial charge on any atom is -0.358 e. The van der Waals surface area contributed by atoms with Gasteiger partial charge in [-0.2, -0.15) is 0 Å². The molecule has 0 aliphatic heterocycles. The molecule has 6 nitrogen and oxygen atoms in total. The number of hydrogen-bond acceptors (Lipinski definition) is 5. The highest BCUT2D eigenvalue weighted by Gasteiger charge is 2.18. The zero-order chi connectivity index (χ0) is 13.7. The van der Waals surface area contributed by atoms with Crippen molar-refractivity contribution in [2.75, 3.05) is 0 Å². The second-order valence-corrected chi connectivity index (χ2v) is 4.68. The van der Waals surface area contributed by atoms with E-state index in [0.29, 0.717) is 23.7 Å². The van der Waals surface area contributed by atoms with Crippen molar-refractivity contribution in [1.82, 2.24) is 15.0 Å². The summed E-state index contributed by atoms with van der Waals surface area (Å²) in [7, 11) is 0. The predicted molar refractivity (Wildman–Crippen MR) is 72.9 cm³/mol. The molecule has 2 aromatic rings. The third-order valence-electron chi connectivity index (χ3n) is 2.32. The number of allylic oxidation sites excluding steroid dienone is 1. The van der Waals surface area contributed by atoms with Crippen LogP contribution in [0.1, 0.15) is 11.5 Å². The second kappa shape index (κ2) is 6.14. The van der Waals surface area contributed by atoms with E-state index < -0.39 is 4.92 Å². The zero-order valence-corrected chi connectivity index (χ0v) is 10.9. The molecule has 2 rings (SSSR count). The smallest absolute Gasteiger partial charge is 0.344 e. The summed E-state index contributed by atoms with van der Waals surface area (Å²) < 4.78 is 0. The molecule has 0 amide bonds. The lowest BCUT2D eigenvalue weighted by molar-refractivity contribution is -0.390. The van der Waals surface area contributed by atoms with Gasteiger partial charge < -0.3 is 10.1 Å². The number of nitrogens with zero attached hydrogens (tertiary/aromatic N) is 3. The van der Waals surface area contributed by atoms with Gasteiger partial charge in [-0.3, -0.25) is 0 Å². The van der Waals surface area contributed by atoms with Gasteiger partial charge in [0.15, 0.2) is 0 Å². The van der Waals surface area contributed by atoms with Gasteiger partial charge in [0.1, 0.15) is 5.69 Å². The topological polar surface area (TPSA) is 84.7 Å². The maximum Gasteiger partial charge on any atom is 0.344 e. The highest BCUT2D eigenvalue weighted by Crippen LogP contribution is 2.22. The molecule has 7 heteroatoms. The Labute approximate surface area is 114 Å². The molecule has 0 saturated carbocycles. The Bertz CT molecular complexity index is 583. The van der Waals surface area contributed by atoms with Crippen molar-refractivity contribution >= 4 is 17.6 Å². The third-order valence-corrected chi connectivity index (χ3v) is 3.28. The fourth-order valence-corrected chi connectivity index (χ4v) is 2.26. The van der Waals surface area contributed by atoms with Gasteiger partial charge >= 0.3 is 5.82 Å². The summed E-state index contributed by atoms with van der Waals surface area (Å²) in [6.45, 7) is 3.57. The Hall–Kier alpha value is -2.15. The van der Waals surface area contributed by atoms with E-state index in [9.17, 15) is 10.1 Å². The minimum absolute atomic E-state index is 0.0588. The number of nitrogens with one attached hydrogen (secondary N) is 1. The normalized spacial score (nSPS) is 10.3. The number of imidazole rings is 1. The SMILES string of the molecule is C=CCc1nc(CSc2ccccn2)[nH]c1[N+](=O)[O-]. The molecule has 0 fully saturated rings. The zero-order valence-electron chi connectivity index (χ0n) is 10.1.